The number of nitrogens with one attached hydrogen (secondary N) is 1. The summed E-state index contributed by atoms with van der Waals surface area (Å²) >= 11 is 6.51. The third kappa shape index (κ3) is 3.32. The molecule has 3 rings (SSSR count). The van der Waals surface area contributed by atoms with Crippen LogP contribution in [-0.2, 0) is 4.79 Å². The normalized spacial score (nSPS) is 16.2. The van der Waals surface area contributed by atoms with Crippen LogP contribution >= 0.6 is 24.0 Å². The van der Waals surface area contributed by atoms with Crippen molar-refractivity contribution in [2.45, 2.75) is 20.3 Å². The highest BCUT2D eigenvalue weighted by Crippen LogP contribution is 2.33. The molecule has 0 radical (unpaired) electrons. The Balaban J connectivity index is 2.13. The van der Waals surface area contributed by atoms with Gasteiger partial charge in [0.1, 0.15) is 15.8 Å². The third-order valence-corrected chi connectivity index (χ3v) is 5.09. The second-order valence-corrected chi connectivity index (χ2v) is 7.15. The monoisotopic (exact) mass is 374 g/mol. The van der Waals surface area contributed by atoms with Gasteiger partial charge in [-0.3, -0.25) is 18.9 Å². The first kappa shape index (κ1) is 17.6. The molecular formula is C17H18N4O2S2. The second kappa shape index (κ2) is 7.37. The topological polar surface area (TPSA) is 66.7 Å². The highest BCUT2D eigenvalue weighted by atomic mass is 32.2. The lowest BCUT2D eigenvalue weighted by Gasteiger charge is -2.12. The Labute approximate surface area is 154 Å². The summed E-state index contributed by atoms with van der Waals surface area (Å²) in [6.07, 6.45) is 4.09. The van der Waals surface area contributed by atoms with Crippen molar-refractivity contribution in [3.05, 3.63) is 45.2 Å². The van der Waals surface area contributed by atoms with Gasteiger partial charge in [-0.25, -0.2) is 4.98 Å². The summed E-state index contributed by atoms with van der Waals surface area (Å²) in [4.78, 5) is 32.0. The van der Waals surface area contributed by atoms with E-state index < -0.39 is 0 Å². The number of amides is 1. The van der Waals surface area contributed by atoms with Gasteiger partial charge in [-0.05, 0) is 31.6 Å². The second-order valence-electron chi connectivity index (χ2n) is 5.47. The zero-order valence-electron chi connectivity index (χ0n) is 14.0. The molecule has 0 spiro atoms. The maximum atomic E-state index is 12.9. The van der Waals surface area contributed by atoms with Crippen molar-refractivity contribution in [2.24, 2.45) is 0 Å². The number of nitrogens with zero attached hydrogens (tertiary/aromatic N) is 3. The fourth-order valence-electron chi connectivity index (χ4n) is 2.58. The fourth-order valence-corrected chi connectivity index (χ4v) is 3.87. The summed E-state index contributed by atoms with van der Waals surface area (Å²) in [5.74, 6) is 0.316. The van der Waals surface area contributed by atoms with Crippen molar-refractivity contribution in [1.82, 2.24) is 14.3 Å². The Bertz CT molecular complexity index is 936. The number of thioether (sulfide) groups is 1. The standard InChI is InChI=1S/C17H18N4O2S2/c1-3-8-21-16(23)12(25-17(21)24)10-11-14(18-4-2)19-13-7-5-6-9-20(13)15(11)22/h5-7,9-10,18H,3-4,8H2,1-2H3. The van der Waals surface area contributed by atoms with Gasteiger partial charge in [-0.2, -0.15) is 0 Å². The number of pyridine rings is 1. The molecule has 0 atom stereocenters. The van der Waals surface area contributed by atoms with Gasteiger partial charge in [0.25, 0.3) is 11.5 Å². The van der Waals surface area contributed by atoms with E-state index in [1.807, 2.05) is 19.9 Å². The lowest BCUT2D eigenvalue weighted by Crippen LogP contribution is -2.28. The van der Waals surface area contributed by atoms with Gasteiger partial charge in [0.15, 0.2) is 0 Å². The van der Waals surface area contributed by atoms with Crippen LogP contribution in [0.25, 0.3) is 11.7 Å². The molecule has 1 fully saturated rings. The minimum Gasteiger partial charge on any atom is -0.370 e. The number of hydrogen-bond acceptors (Lipinski definition) is 6. The summed E-state index contributed by atoms with van der Waals surface area (Å²) in [5.41, 5.74) is 0.698. The maximum absolute atomic E-state index is 12.9. The molecule has 1 N–H and O–H groups in total. The molecule has 3 heterocycles. The number of aromatic nitrogens is 2. The number of carbonyl (C=O) groups excluding carboxylic acids is 1. The summed E-state index contributed by atoms with van der Waals surface area (Å²) in [6.45, 7) is 5.12. The minimum atomic E-state index is -0.220. The fraction of sp³-hybridized carbons (Fsp3) is 0.294. The Kier molecular flexibility index (Phi) is 5.19. The van der Waals surface area contributed by atoms with Crippen molar-refractivity contribution in [3.8, 4) is 0 Å². The number of thiocarbonyl (C=S) groups is 1. The van der Waals surface area contributed by atoms with Crippen LogP contribution < -0.4 is 10.9 Å². The summed E-state index contributed by atoms with van der Waals surface area (Å²) < 4.78 is 2.00. The van der Waals surface area contributed by atoms with Crippen LogP contribution in [0.1, 0.15) is 25.8 Å². The van der Waals surface area contributed by atoms with Gasteiger partial charge in [0.2, 0.25) is 0 Å². The average Bonchev–Trinajstić information content (AvgIpc) is 2.86. The van der Waals surface area contributed by atoms with E-state index in [4.69, 9.17) is 12.2 Å². The van der Waals surface area contributed by atoms with Crippen LogP contribution in [-0.4, -0.2) is 37.6 Å². The van der Waals surface area contributed by atoms with Gasteiger partial charge in [-0.15, -0.1) is 0 Å². The molecule has 2 aromatic heterocycles. The van der Waals surface area contributed by atoms with Crippen molar-refractivity contribution >= 4 is 51.7 Å². The van der Waals surface area contributed by atoms with Crippen molar-refractivity contribution in [3.63, 3.8) is 0 Å². The van der Waals surface area contributed by atoms with E-state index in [9.17, 15) is 9.59 Å². The summed E-state index contributed by atoms with van der Waals surface area (Å²) in [5, 5.41) is 3.11. The quantitative estimate of drug-likeness (QED) is 0.641. The molecule has 130 valence electrons. The molecule has 8 heteroatoms. The van der Waals surface area contributed by atoms with Crippen molar-refractivity contribution < 1.29 is 4.79 Å². The molecule has 1 amide bonds. The molecule has 0 bridgehead atoms. The third-order valence-electron chi connectivity index (χ3n) is 3.71. The zero-order chi connectivity index (χ0) is 18.0. The van der Waals surface area contributed by atoms with E-state index in [1.165, 1.54) is 16.2 Å². The largest absolute Gasteiger partial charge is 0.370 e. The molecule has 0 aromatic carbocycles. The molecule has 1 saturated heterocycles. The van der Waals surface area contributed by atoms with E-state index in [2.05, 4.69) is 10.3 Å². The van der Waals surface area contributed by atoms with Crippen LogP contribution in [0.4, 0.5) is 5.82 Å². The molecular weight excluding hydrogens is 356 g/mol. The van der Waals surface area contributed by atoms with E-state index in [1.54, 1.807) is 29.3 Å². The summed E-state index contributed by atoms with van der Waals surface area (Å²) in [7, 11) is 0. The number of hydrogen-bond donors (Lipinski definition) is 1. The van der Waals surface area contributed by atoms with Gasteiger partial charge in [0, 0.05) is 19.3 Å². The van der Waals surface area contributed by atoms with Gasteiger partial charge in [-0.1, -0.05) is 37.0 Å². The first-order valence-corrected chi connectivity index (χ1v) is 9.30. The summed E-state index contributed by atoms with van der Waals surface area (Å²) in [6, 6.07) is 5.37. The molecule has 0 aliphatic carbocycles. The Morgan fingerprint density at radius 3 is 2.84 bits per heavy atom. The van der Waals surface area contributed by atoms with Crippen molar-refractivity contribution in [2.75, 3.05) is 18.4 Å². The lowest BCUT2D eigenvalue weighted by molar-refractivity contribution is -0.122. The minimum absolute atomic E-state index is 0.156. The van der Waals surface area contributed by atoms with Crippen LogP contribution in [0.15, 0.2) is 34.1 Å². The molecule has 1 aliphatic rings. The van der Waals surface area contributed by atoms with E-state index >= 15 is 0 Å². The molecule has 25 heavy (non-hydrogen) atoms. The molecule has 0 unspecified atom stereocenters. The highest BCUT2D eigenvalue weighted by Gasteiger charge is 2.31. The first-order valence-electron chi connectivity index (χ1n) is 8.07. The van der Waals surface area contributed by atoms with Gasteiger partial charge < -0.3 is 5.32 Å². The number of fused-ring (bicyclic) bond motifs is 1. The zero-order valence-corrected chi connectivity index (χ0v) is 15.6. The Morgan fingerprint density at radius 1 is 1.32 bits per heavy atom. The van der Waals surface area contributed by atoms with Gasteiger partial charge in [0.05, 0.1) is 10.5 Å². The predicted octanol–water partition coefficient (Wildman–Crippen LogP) is 2.74. The SMILES string of the molecule is CCCN1C(=O)C(=Cc2c(NCC)nc3ccccn3c2=O)SC1=S. The lowest BCUT2D eigenvalue weighted by atomic mass is 10.2. The maximum Gasteiger partial charge on any atom is 0.267 e. The van der Waals surface area contributed by atoms with E-state index in [-0.39, 0.29) is 11.5 Å². The van der Waals surface area contributed by atoms with Crippen molar-refractivity contribution in [1.29, 1.82) is 0 Å². The smallest absolute Gasteiger partial charge is 0.267 e. The molecule has 6 nitrogen and oxygen atoms in total. The molecule has 1 aliphatic heterocycles. The van der Waals surface area contributed by atoms with Crippen LogP contribution in [0.5, 0.6) is 0 Å². The highest BCUT2D eigenvalue weighted by molar-refractivity contribution is 8.26. The van der Waals surface area contributed by atoms with Crippen LogP contribution in [0, 0.1) is 0 Å². The predicted molar refractivity (Wildman–Crippen MR) is 106 cm³/mol. The molecule has 0 saturated carbocycles. The number of carbonyl (C=O) groups is 1. The Hall–Kier alpha value is -2.19. The Morgan fingerprint density at radius 2 is 2.12 bits per heavy atom. The number of rotatable bonds is 5. The number of anilines is 1. The van der Waals surface area contributed by atoms with Gasteiger partial charge >= 0.3 is 0 Å². The van der Waals surface area contributed by atoms with E-state index in [0.29, 0.717) is 39.3 Å². The van der Waals surface area contributed by atoms with Crippen LogP contribution in [0.2, 0.25) is 0 Å². The van der Waals surface area contributed by atoms with Crippen LogP contribution in [0.3, 0.4) is 0 Å². The van der Waals surface area contributed by atoms with E-state index in [0.717, 1.165) is 6.42 Å². The average molecular weight is 374 g/mol. The molecule has 2 aromatic rings. The first-order chi connectivity index (χ1) is 12.1.